The summed E-state index contributed by atoms with van der Waals surface area (Å²) < 4.78 is 21.0. The first-order valence-corrected chi connectivity index (χ1v) is 11.7. The Hall–Kier alpha value is -2.29. The van der Waals surface area contributed by atoms with Crippen LogP contribution in [0.3, 0.4) is 0 Å². The van der Waals surface area contributed by atoms with Gasteiger partial charge in [-0.2, -0.15) is 0 Å². The summed E-state index contributed by atoms with van der Waals surface area (Å²) in [6.45, 7) is 6.69. The van der Waals surface area contributed by atoms with E-state index in [0.29, 0.717) is 44.9 Å². The maximum absolute atomic E-state index is 13.2. The van der Waals surface area contributed by atoms with Crippen LogP contribution in [0.4, 0.5) is 10.1 Å². The minimum atomic E-state index is -0.411. The van der Waals surface area contributed by atoms with E-state index in [2.05, 4.69) is 29.4 Å². The molecule has 3 aromatic rings. The second-order valence-corrected chi connectivity index (χ2v) is 9.28. The highest BCUT2D eigenvalue weighted by Crippen LogP contribution is 2.27. The molecule has 1 N–H and O–H groups in total. The van der Waals surface area contributed by atoms with Crippen LogP contribution in [0, 0.1) is 11.7 Å². The van der Waals surface area contributed by atoms with Gasteiger partial charge in [0.25, 0.3) is 0 Å². The number of amides is 1. The Kier molecular flexibility index (Phi) is 8.39. The topological polar surface area (TPSA) is 69.0 Å². The third-order valence-corrected chi connectivity index (χ3v) is 6.02. The van der Waals surface area contributed by atoms with E-state index < -0.39 is 6.10 Å². The van der Waals surface area contributed by atoms with E-state index in [1.165, 1.54) is 23.9 Å². The lowest BCUT2D eigenvalue weighted by Crippen LogP contribution is -2.17. The quantitative estimate of drug-likeness (QED) is 0.354. The van der Waals surface area contributed by atoms with Crippen LogP contribution in [0.15, 0.2) is 47.6 Å². The van der Waals surface area contributed by atoms with Gasteiger partial charge in [-0.25, -0.2) is 4.39 Å². The maximum Gasteiger partial charge on any atom is 0.234 e. The zero-order chi connectivity index (χ0) is 23.3. The molecule has 6 nitrogen and oxygen atoms in total. The Bertz CT molecular complexity index is 1080. The zero-order valence-electron chi connectivity index (χ0n) is 17.8. The minimum absolute atomic E-state index is 0.143. The first-order valence-electron chi connectivity index (χ1n) is 9.96. The predicted octanol–water partition coefficient (Wildman–Crippen LogP) is 6.25. The van der Waals surface area contributed by atoms with Crippen LogP contribution in [0.2, 0.25) is 10.0 Å². The van der Waals surface area contributed by atoms with Crippen LogP contribution >= 0.6 is 35.0 Å². The number of carbonyl (C=O) groups excluding carboxylic acids is 1. The molecule has 0 aliphatic rings. The summed E-state index contributed by atoms with van der Waals surface area (Å²) in [6, 6.07) is 10.7. The molecule has 1 amide bonds. The largest absolute Gasteiger partial charge is 0.483 e. The number of halogens is 3. The summed E-state index contributed by atoms with van der Waals surface area (Å²) in [7, 11) is 0. The number of anilines is 1. The molecule has 1 heterocycles. The molecule has 1 atom stereocenters. The van der Waals surface area contributed by atoms with Crippen molar-refractivity contribution < 1.29 is 13.9 Å². The lowest BCUT2D eigenvalue weighted by molar-refractivity contribution is -0.113. The Morgan fingerprint density at radius 3 is 2.50 bits per heavy atom. The van der Waals surface area contributed by atoms with Gasteiger partial charge < -0.3 is 14.6 Å². The molecule has 0 aliphatic carbocycles. The highest BCUT2D eigenvalue weighted by Gasteiger charge is 2.21. The average molecular weight is 497 g/mol. The number of nitrogens with one attached hydrogen (secondary N) is 1. The number of hydrogen-bond donors (Lipinski definition) is 1. The molecule has 0 fully saturated rings. The van der Waals surface area contributed by atoms with E-state index in [0.717, 1.165) is 0 Å². The molecule has 0 saturated heterocycles. The van der Waals surface area contributed by atoms with Gasteiger partial charge in [-0.15, -0.1) is 10.2 Å². The molecular formula is C22H23Cl2FN4O2S. The number of benzene rings is 2. The molecule has 1 aromatic heterocycles. The molecule has 2 aromatic carbocycles. The molecule has 0 saturated carbocycles. The van der Waals surface area contributed by atoms with Gasteiger partial charge in [0.15, 0.2) is 17.1 Å². The van der Waals surface area contributed by atoms with E-state index in [1.54, 1.807) is 30.3 Å². The molecule has 170 valence electrons. The number of thioether (sulfide) groups is 1. The lowest BCUT2D eigenvalue weighted by atomic mass is 10.2. The van der Waals surface area contributed by atoms with Crippen LogP contribution in [0.25, 0.3) is 0 Å². The van der Waals surface area contributed by atoms with Gasteiger partial charge in [-0.1, -0.05) is 48.8 Å². The Morgan fingerprint density at radius 1 is 1.12 bits per heavy atom. The molecule has 10 heteroatoms. The summed E-state index contributed by atoms with van der Waals surface area (Å²) >= 11 is 13.2. The number of carbonyl (C=O) groups is 1. The van der Waals surface area contributed by atoms with E-state index in [4.69, 9.17) is 27.9 Å². The first-order chi connectivity index (χ1) is 15.2. The van der Waals surface area contributed by atoms with Crippen LogP contribution in [-0.4, -0.2) is 26.4 Å². The minimum Gasteiger partial charge on any atom is -0.483 e. The number of nitrogens with zero attached hydrogens (tertiary/aromatic N) is 3. The SMILES string of the molecule is CC(C)Cn1c(SCC(=O)Nc2ccc(Cl)c(Cl)c2)nnc1C(C)Oc1ccc(F)cc1. The summed E-state index contributed by atoms with van der Waals surface area (Å²) in [5, 5.41) is 12.8. The second kappa shape index (κ2) is 11.0. The Balaban J connectivity index is 1.69. The number of hydrogen-bond acceptors (Lipinski definition) is 5. The lowest BCUT2D eigenvalue weighted by Gasteiger charge is -2.17. The highest BCUT2D eigenvalue weighted by molar-refractivity contribution is 7.99. The normalized spacial score (nSPS) is 12.1. The van der Waals surface area contributed by atoms with E-state index in [-0.39, 0.29) is 17.5 Å². The van der Waals surface area contributed by atoms with E-state index in [1.807, 2.05) is 11.5 Å². The van der Waals surface area contributed by atoms with Crippen molar-refractivity contribution in [2.45, 2.75) is 38.6 Å². The molecular weight excluding hydrogens is 474 g/mol. The Morgan fingerprint density at radius 2 is 1.84 bits per heavy atom. The second-order valence-electron chi connectivity index (χ2n) is 7.52. The van der Waals surface area contributed by atoms with Gasteiger partial charge in [-0.3, -0.25) is 4.79 Å². The highest BCUT2D eigenvalue weighted by atomic mass is 35.5. The van der Waals surface area contributed by atoms with Gasteiger partial charge >= 0.3 is 0 Å². The fourth-order valence-electron chi connectivity index (χ4n) is 2.92. The van der Waals surface area contributed by atoms with Crippen molar-refractivity contribution in [3.05, 3.63) is 64.2 Å². The summed E-state index contributed by atoms with van der Waals surface area (Å²) in [5.41, 5.74) is 0.565. The fourth-order valence-corrected chi connectivity index (χ4v) is 3.97. The fraction of sp³-hybridized carbons (Fsp3) is 0.318. The molecule has 1 unspecified atom stereocenters. The van der Waals surface area contributed by atoms with Crippen LogP contribution in [0.1, 0.15) is 32.7 Å². The third-order valence-electron chi connectivity index (χ3n) is 4.32. The summed E-state index contributed by atoms with van der Waals surface area (Å²) in [6.07, 6.45) is -0.411. The third kappa shape index (κ3) is 6.60. The summed E-state index contributed by atoms with van der Waals surface area (Å²) in [4.78, 5) is 12.4. The molecule has 32 heavy (non-hydrogen) atoms. The van der Waals surface area contributed by atoms with Crippen LogP contribution in [-0.2, 0) is 11.3 Å². The van der Waals surface area contributed by atoms with Crippen molar-refractivity contribution in [3.8, 4) is 5.75 Å². The average Bonchev–Trinajstić information content (AvgIpc) is 3.13. The first kappa shape index (κ1) is 24.4. The van der Waals surface area contributed by atoms with Crippen molar-refractivity contribution >= 4 is 46.6 Å². The van der Waals surface area contributed by atoms with Crippen molar-refractivity contribution in [2.24, 2.45) is 5.92 Å². The smallest absolute Gasteiger partial charge is 0.234 e. The monoisotopic (exact) mass is 496 g/mol. The van der Waals surface area contributed by atoms with Gasteiger partial charge in [0.1, 0.15) is 11.6 Å². The number of ether oxygens (including phenoxy) is 1. The van der Waals surface area contributed by atoms with Crippen molar-refractivity contribution in [1.29, 1.82) is 0 Å². The van der Waals surface area contributed by atoms with Gasteiger partial charge in [0.05, 0.1) is 15.8 Å². The van der Waals surface area contributed by atoms with Crippen molar-refractivity contribution in [1.82, 2.24) is 14.8 Å². The predicted molar refractivity (Wildman–Crippen MR) is 126 cm³/mol. The van der Waals surface area contributed by atoms with Gasteiger partial charge in [-0.05, 0) is 55.3 Å². The van der Waals surface area contributed by atoms with Crippen molar-refractivity contribution in [2.75, 3.05) is 11.1 Å². The van der Waals surface area contributed by atoms with Crippen molar-refractivity contribution in [3.63, 3.8) is 0 Å². The van der Waals surface area contributed by atoms with Gasteiger partial charge in [0.2, 0.25) is 5.91 Å². The van der Waals surface area contributed by atoms with Gasteiger partial charge in [0, 0.05) is 12.2 Å². The number of aromatic nitrogens is 3. The number of rotatable bonds is 9. The molecule has 3 rings (SSSR count). The molecule has 0 bridgehead atoms. The van der Waals surface area contributed by atoms with Crippen LogP contribution < -0.4 is 10.1 Å². The zero-order valence-corrected chi connectivity index (χ0v) is 20.1. The van der Waals surface area contributed by atoms with E-state index >= 15 is 0 Å². The molecule has 0 radical (unpaired) electrons. The Labute approximate surface area is 200 Å². The molecule has 0 spiro atoms. The van der Waals surface area contributed by atoms with Crippen LogP contribution in [0.5, 0.6) is 5.75 Å². The summed E-state index contributed by atoms with van der Waals surface area (Å²) in [5.74, 6) is 1.11. The van der Waals surface area contributed by atoms with E-state index in [9.17, 15) is 9.18 Å². The molecule has 0 aliphatic heterocycles. The standard InChI is InChI=1S/C22H23Cl2FN4O2S/c1-13(2)11-29-21(14(3)31-17-7-4-15(25)5-8-17)27-28-22(29)32-12-20(30)26-16-6-9-18(23)19(24)10-16/h4-10,13-14H,11-12H2,1-3H3,(H,26,30). The maximum atomic E-state index is 13.2.